The molecule has 0 atom stereocenters. The number of rotatable bonds is 4. The number of carboxylic acid groups (broad SMARTS) is 1. The molecule has 0 spiro atoms. The van der Waals surface area contributed by atoms with Crippen molar-refractivity contribution >= 4 is 11.9 Å². The highest BCUT2D eigenvalue weighted by Gasteiger charge is 2.36. The Morgan fingerprint density at radius 2 is 1.86 bits per heavy atom. The number of alkyl halides is 3. The quantitative estimate of drug-likeness (QED) is 0.882. The first-order chi connectivity index (χ1) is 9.43. The zero-order valence-electron chi connectivity index (χ0n) is 11.6. The molecule has 9 heteroatoms. The minimum Gasteiger partial charge on any atom is -0.481 e. The minimum absolute atomic E-state index is 0.0139. The number of nitrogens with zero attached hydrogens (tertiary/aromatic N) is 2. The van der Waals surface area contributed by atoms with Crippen molar-refractivity contribution in [3.05, 3.63) is 23.3 Å². The van der Waals surface area contributed by atoms with E-state index in [1.165, 1.54) is 20.8 Å². The molecule has 1 rings (SSSR count). The van der Waals surface area contributed by atoms with Gasteiger partial charge in [0.25, 0.3) is 5.91 Å². The highest BCUT2D eigenvalue weighted by atomic mass is 19.4. The van der Waals surface area contributed by atoms with Crippen molar-refractivity contribution in [2.45, 2.75) is 26.9 Å². The first kappa shape index (κ1) is 16.9. The number of hydrogen-bond donors (Lipinski definition) is 2. The third kappa shape index (κ3) is 4.40. The van der Waals surface area contributed by atoms with E-state index in [1.807, 2.05) is 0 Å². The SMILES string of the molecule is Cc1cc(C(=O)NCC(C)(C)C(=O)O)nc(C(F)(F)F)n1. The lowest BCUT2D eigenvalue weighted by Gasteiger charge is -2.19. The number of aliphatic carboxylic acids is 1. The Hall–Kier alpha value is -2.19. The van der Waals surface area contributed by atoms with Crippen LogP contribution in [-0.4, -0.2) is 33.5 Å². The van der Waals surface area contributed by atoms with E-state index in [0.29, 0.717) is 0 Å². The molecule has 0 aliphatic rings. The van der Waals surface area contributed by atoms with Gasteiger partial charge in [-0.1, -0.05) is 0 Å². The van der Waals surface area contributed by atoms with Crippen molar-refractivity contribution in [2.75, 3.05) is 6.54 Å². The average molecular weight is 305 g/mol. The van der Waals surface area contributed by atoms with Crippen LogP contribution >= 0.6 is 0 Å². The summed E-state index contributed by atoms with van der Waals surface area (Å²) in [5.41, 5.74) is -1.72. The zero-order valence-corrected chi connectivity index (χ0v) is 11.6. The van der Waals surface area contributed by atoms with Crippen molar-refractivity contribution in [1.29, 1.82) is 0 Å². The molecule has 1 heterocycles. The van der Waals surface area contributed by atoms with Gasteiger partial charge in [-0.2, -0.15) is 13.2 Å². The minimum atomic E-state index is -4.76. The Balaban J connectivity index is 2.94. The summed E-state index contributed by atoms with van der Waals surface area (Å²) in [6, 6.07) is 1.10. The normalized spacial score (nSPS) is 12.1. The molecule has 0 radical (unpaired) electrons. The standard InChI is InChI=1S/C12H14F3N3O3/c1-6-4-7(18-9(17-6)12(13,14)15)8(19)16-5-11(2,3)10(20)21/h4H,5H2,1-3H3,(H,16,19)(H,20,21). The van der Waals surface area contributed by atoms with Gasteiger partial charge in [0.1, 0.15) is 5.69 Å². The number of carbonyl (C=O) groups excluding carboxylic acids is 1. The van der Waals surface area contributed by atoms with E-state index in [1.54, 1.807) is 0 Å². The second-order valence-electron chi connectivity index (χ2n) is 5.09. The molecule has 1 aromatic heterocycles. The molecule has 2 N–H and O–H groups in total. The fourth-order valence-corrected chi connectivity index (χ4v) is 1.28. The molecule has 1 aromatic rings. The van der Waals surface area contributed by atoms with Crippen molar-refractivity contribution in [3.63, 3.8) is 0 Å². The number of amides is 1. The van der Waals surface area contributed by atoms with Gasteiger partial charge in [-0.3, -0.25) is 9.59 Å². The molecule has 1 amide bonds. The van der Waals surface area contributed by atoms with Gasteiger partial charge in [0.05, 0.1) is 5.41 Å². The van der Waals surface area contributed by atoms with Crippen molar-refractivity contribution < 1.29 is 27.9 Å². The third-order valence-electron chi connectivity index (χ3n) is 2.61. The number of carboxylic acids is 1. The topological polar surface area (TPSA) is 92.2 Å². The summed E-state index contributed by atoms with van der Waals surface area (Å²) in [6.45, 7) is 3.81. The van der Waals surface area contributed by atoms with Crippen LogP contribution in [0.1, 0.15) is 35.9 Å². The monoisotopic (exact) mass is 305 g/mol. The van der Waals surface area contributed by atoms with Gasteiger partial charge in [-0.05, 0) is 26.8 Å². The molecule has 6 nitrogen and oxygen atoms in total. The number of halogens is 3. The summed E-state index contributed by atoms with van der Waals surface area (Å²) < 4.78 is 37.7. The Bertz CT molecular complexity index is 571. The van der Waals surface area contributed by atoms with Crippen LogP contribution in [0.4, 0.5) is 13.2 Å². The van der Waals surface area contributed by atoms with Crippen molar-refractivity contribution in [3.8, 4) is 0 Å². The van der Waals surface area contributed by atoms with Crippen LogP contribution in [0.2, 0.25) is 0 Å². The van der Waals surface area contributed by atoms with Crippen LogP contribution in [0, 0.1) is 12.3 Å². The predicted octanol–water partition coefficient (Wildman–Crippen LogP) is 1.64. The first-order valence-electron chi connectivity index (χ1n) is 5.88. The summed E-state index contributed by atoms with van der Waals surface area (Å²) in [4.78, 5) is 29.0. The van der Waals surface area contributed by atoms with Crippen LogP contribution < -0.4 is 5.32 Å². The van der Waals surface area contributed by atoms with Crippen LogP contribution in [0.5, 0.6) is 0 Å². The fourth-order valence-electron chi connectivity index (χ4n) is 1.28. The second kappa shape index (κ2) is 5.66. The maximum Gasteiger partial charge on any atom is 0.451 e. The lowest BCUT2D eigenvalue weighted by atomic mass is 9.94. The number of hydrogen-bond acceptors (Lipinski definition) is 4. The summed E-state index contributed by atoms with van der Waals surface area (Å²) in [5, 5.41) is 11.1. The zero-order chi connectivity index (χ0) is 16.4. The lowest BCUT2D eigenvalue weighted by molar-refractivity contribution is -0.146. The molecule has 0 aromatic carbocycles. The molecule has 0 saturated carbocycles. The smallest absolute Gasteiger partial charge is 0.451 e. The Labute approximate surface area is 118 Å². The first-order valence-corrected chi connectivity index (χ1v) is 5.88. The van der Waals surface area contributed by atoms with Crippen LogP contribution in [-0.2, 0) is 11.0 Å². The number of aromatic nitrogens is 2. The molecule has 0 bridgehead atoms. The molecule has 21 heavy (non-hydrogen) atoms. The van der Waals surface area contributed by atoms with E-state index in [9.17, 15) is 22.8 Å². The molecule has 116 valence electrons. The Kier molecular flexibility index (Phi) is 4.55. The highest BCUT2D eigenvalue weighted by Crippen LogP contribution is 2.26. The van der Waals surface area contributed by atoms with Crippen molar-refractivity contribution in [1.82, 2.24) is 15.3 Å². The maximum atomic E-state index is 12.6. The number of aryl methyl sites for hydroxylation is 1. The van der Waals surface area contributed by atoms with E-state index in [0.717, 1.165) is 6.07 Å². The molecule has 0 aliphatic carbocycles. The largest absolute Gasteiger partial charge is 0.481 e. The van der Waals surface area contributed by atoms with E-state index >= 15 is 0 Å². The summed E-state index contributed by atoms with van der Waals surface area (Å²) in [7, 11) is 0. The van der Waals surface area contributed by atoms with E-state index in [4.69, 9.17) is 5.11 Å². The van der Waals surface area contributed by atoms with Crippen LogP contribution in [0.15, 0.2) is 6.07 Å². The van der Waals surface area contributed by atoms with Crippen molar-refractivity contribution in [2.24, 2.45) is 5.41 Å². The van der Waals surface area contributed by atoms with Gasteiger partial charge >= 0.3 is 12.1 Å². The Morgan fingerprint density at radius 3 is 2.33 bits per heavy atom. The van der Waals surface area contributed by atoms with Crippen LogP contribution in [0.25, 0.3) is 0 Å². The van der Waals surface area contributed by atoms with Gasteiger partial charge in [0.2, 0.25) is 5.82 Å². The summed E-state index contributed by atoms with van der Waals surface area (Å²) >= 11 is 0. The van der Waals surface area contributed by atoms with E-state index in [-0.39, 0.29) is 12.2 Å². The Morgan fingerprint density at radius 1 is 1.29 bits per heavy atom. The molecule has 0 saturated heterocycles. The average Bonchev–Trinajstić information content (AvgIpc) is 2.34. The molecular weight excluding hydrogens is 291 g/mol. The van der Waals surface area contributed by atoms with Gasteiger partial charge in [-0.25, -0.2) is 9.97 Å². The molecule has 0 unspecified atom stereocenters. The van der Waals surface area contributed by atoms with Gasteiger partial charge in [0.15, 0.2) is 0 Å². The third-order valence-corrected chi connectivity index (χ3v) is 2.61. The van der Waals surface area contributed by atoms with Crippen LogP contribution in [0.3, 0.4) is 0 Å². The van der Waals surface area contributed by atoms with Gasteiger partial charge in [-0.15, -0.1) is 0 Å². The molecule has 0 aliphatic heterocycles. The fraction of sp³-hybridized carbons (Fsp3) is 0.500. The van der Waals surface area contributed by atoms with E-state index in [2.05, 4.69) is 15.3 Å². The maximum absolute atomic E-state index is 12.6. The van der Waals surface area contributed by atoms with Gasteiger partial charge < -0.3 is 10.4 Å². The van der Waals surface area contributed by atoms with E-state index < -0.39 is 35.0 Å². The molecule has 0 fully saturated rings. The van der Waals surface area contributed by atoms with Gasteiger partial charge in [0, 0.05) is 12.2 Å². The predicted molar refractivity (Wildman–Crippen MR) is 65.5 cm³/mol. The summed E-state index contributed by atoms with van der Waals surface area (Å²) in [6.07, 6.45) is -4.76. The number of carbonyl (C=O) groups is 2. The highest BCUT2D eigenvalue weighted by molar-refractivity contribution is 5.92. The number of nitrogens with one attached hydrogen (secondary N) is 1. The second-order valence-corrected chi connectivity index (χ2v) is 5.09. The molecular formula is C12H14F3N3O3. The summed E-state index contributed by atoms with van der Waals surface area (Å²) in [5.74, 6) is -3.44. The lowest BCUT2D eigenvalue weighted by Crippen LogP contribution is -2.39.